The summed E-state index contributed by atoms with van der Waals surface area (Å²) in [6, 6.07) is 6.62. The smallest absolute Gasteiger partial charge is 0.341 e. The number of nitrogens with zero attached hydrogens (tertiary/aromatic N) is 1. The molecule has 126 valence electrons. The van der Waals surface area contributed by atoms with Crippen LogP contribution in [0.2, 0.25) is 0 Å². The van der Waals surface area contributed by atoms with E-state index in [2.05, 4.69) is 0 Å². The molecule has 2 rings (SSSR count). The summed E-state index contributed by atoms with van der Waals surface area (Å²) in [6.07, 6.45) is 1.42. The largest absolute Gasteiger partial charge is 0.482 e. The van der Waals surface area contributed by atoms with Gasteiger partial charge in [0.1, 0.15) is 10.1 Å². The number of carboxylic acids is 2. The number of hydrogen-bond donors (Lipinski definition) is 2. The van der Waals surface area contributed by atoms with Gasteiger partial charge in [0.05, 0.1) is 11.3 Å². The topological polar surface area (TPSA) is 104 Å². The van der Waals surface area contributed by atoms with E-state index in [0.29, 0.717) is 20.5 Å². The zero-order valence-corrected chi connectivity index (χ0v) is 13.9. The number of aliphatic carboxylic acids is 2. The Labute approximate surface area is 146 Å². The maximum atomic E-state index is 12.3. The molecule has 1 saturated heterocycles. The van der Waals surface area contributed by atoms with Crippen molar-refractivity contribution in [1.82, 2.24) is 4.90 Å². The molecule has 2 N–H and O–H groups in total. The minimum absolute atomic E-state index is 0.0269. The molecule has 0 spiro atoms. The van der Waals surface area contributed by atoms with Gasteiger partial charge in [-0.2, -0.15) is 0 Å². The highest BCUT2D eigenvalue weighted by Crippen LogP contribution is 2.33. The summed E-state index contributed by atoms with van der Waals surface area (Å²) in [5.74, 6) is -2.06. The van der Waals surface area contributed by atoms with Crippen molar-refractivity contribution >= 4 is 52.2 Å². The van der Waals surface area contributed by atoms with Gasteiger partial charge in [0.25, 0.3) is 5.91 Å². The third-order valence-electron chi connectivity index (χ3n) is 2.94. The molecule has 1 aromatic carbocycles. The first kappa shape index (κ1) is 18.0. The first-order valence-corrected chi connectivity index (χ1v) is 8.01. The Kier molecular flexibility index (Phi) is 5.93. The molecule has 9 heteroatoms. The molecule has 1 aliphatic rings. The Morgan fingerprint density at radius 2 is 2.04 bits per heavy atom. The Balaban J connectivity index is 2.12. The number of carbonyl (C=O) groups excluding carboxylic acids is 1. The molecule has 1 aromatic rings. The number of carboxylic acid groups (broad SMARTS) is 2. The fourth-order valence-electron chi connectivity index (χ4n) is 1.89. The zero-order chi connectivity index (χ0) is 17.7. The summed E-state index contributed by atoms with van der Waals surface area (Å²) < 4.78 is 5.40. The Morgan fingerprint density at radius 1 is 1.29 bits per heavy atom. The second-order valence-electron chi connectivity index (χ2n) is 4.73. The average molecular weight is 367 g/mol. The number of amides is 1. The number of rotatable bonds is 7. The average Bonchev–Trinajstić information content (AvgIpc) is 2.77. The van der Waals surface area contributed by atoms with Crippen LogP contribution in [-0.4, -0.2) is 50.4 Å². The van der Waals surface area contributed by atoms with Crippen LogP contribution < -0.4 is 4.74 Å². The fourth-order valence-corrected chi connectivity index (χ4v) is 3.20. The van der Waals surface area contributed by atoms with E-state index in [4.69, 9.17) is 27.2 Å². The van der Waals surface area contributed by atoms with E-state index in [1.807, 2.05) is 0 Å². The first-order valence-electron chi connectivity index (χ1n) is 6.78. The Bertz CT molecular complexity index is 730. The van der Waals surface area contributed by atoms with Crippen molar-refractivity contribution in [2.75, 3.05) is 13.2 Å². The molecular weight excluding hydrogens is 354 g/mol. The van der Waals surface area contributed by atoms with Gasteiger partial charge in [0.15, 0.2) is 6.61 Å². The number of benzene rings is 1. The molecule has 0 saturated carbocycles. The van der Waals surface area contributed by atoms with Gasteiger partial charge in [0, 0.05) is 6.54 Å². The van der Waals surface area contributed by atoms with E-state index >= 15 is 0 Å². The van der Waals surface area contributed by atoms with Gasteiger partial charge in [-0.05, 0) is 23.8 Å². The lowest BCUT2D eigenvalue weighted by molar-refractivity contribution is -0.139. The van der Waals surface area contributed by atoms with Crippen molar-refractivity contribution in [2.24, 2.45) is 0 Å². The molecule has 0 atom stereocenters. The van der Waals surface area contributed by atoms with Crippen LogP contribution in [0, 0.1) is 0 Å². The van der Waals surface area contributed by atoms with E-state index in [0.717, 1.165) is 11.8 Å². The third kappa shape index (κ3) is 4.80. The van der Waals surface area contributed by atoms with Crippen molar-refractivity contribution in [2.45, 2.75) is 6.42 Å². The van der Waals surface area contributed by atoms with E-state index in [1.165, 1.54) is 4.90 Å². The highest BCUT2D eigenvalue weighted by Gasteiger charge is 2.32. The highest BCUT2D eigenvalue weighted by atomic mass is 32.2. The summed E-state index contributed by atoms with van der Waals surface area (Å²) in [5, 5.41) is 17.3. The predicted molar refractivity (Wildman–Crippen MR) is 91.7 cm³/mol. The molecule has 0 radical (unpaired) electrons. The number of ether oxygens (including phenoxy) is 1. The van der Waals surface area contributed by atoms with Crippen LogP contribution in [0.5, 0.6) is 5.75 Å². The van der Waals surface area contributed by atoms with Gasteiger partial charge < -0.3 is 14.9 Å². The Morgan fingerprint density at radius 3 is 2.71 bits per heavy atom. The van der Waals surface area contributed by atoms with E-state index in [-0.39, 0.29) is 18.9 Å². The molecule has 1 amide bonds. The lowest BCUT2D eigenvalue weighted by Gasteiger charge is -2.12. The molecular formula is C15H13NO6S2. The van der Waals surface area contributed by atoms with Gasteiger partial charge in [-0.1, -0.05) is 36.1 Å². The van der Waals surface area contributed by atoms with Crippen LogP contribution >= 0.6 is 24.0 Å². The molecule has 1 heterocycles. The summed E-state index contributed by atoms with van der Waals surface area (Å²) in [5.41, 5.74) is 0.650. The lowest BCUT2D eigenvalue weighted by Crippen LogP contribution is -2.30. The normalized spacial score (nSPS) is 15.8. The molecule has 7 nitrogen and oxygen atoms in total. The fraction of sp³-hybridized carbons (Fsp3) is 0.200. The monoisotopic (exact) mass is 367 g/mol. The minimum atomic E-state index is -1.08. The van der Waals surface area contributed by atoms with Crippen molar-refractivity contribution in [1.29, 1.82) is 0 Å². The number of thiocarbonyl (C=S) groups is 1. The maximum absolute atomic E-state index is 12.3. The summed E-state index contributed by atoms with van der Waals surface area (Å²) in [6.45, 7) is -0.431. The number of carbonyl (C=O) groups is 3. The molecule has 1 aliphatic heterocycles. The zero-order valence-electron chi connectivity index (χ0n) is 12.3. The maximum Gasteiger partial charge on any atom is 0.341 e. The van der Waals surface area contributed by atoms with E-state index in [9.17, 15) is 14.4 Å². The standard InChI is InChI=1S/C15H13NO6S2/c17-12(18)4-5-16-14(21)11(24-15(16)23)7-9-2-1-3-10(6-9)22-8-13(19)20/h1-3,6-7H,4-5,8H2,(H,17,18)(H,19,20). The van der Waals surface area contributed by atoms with Gasteiger partial charge in [-0.3, -0.25) is 14.5 Å². The quantitative estimate of drug-likeness (QED) is 0.556. The summed E-state index contributed by atoms with van der Waals surface area (Å²) >= 11 is 6.20. The van der Waals surface area contributed by atoms with Crippen LogP contribution in [0.4, 0.5) is 0 Å². The second kappa shape index (κ2) is 7.93. The molecule has 0 aliphatic carbocycles. The van der Waals surface area contributed by atoms with Gasteiger partial charge in [-0.15, -0.1) is 0 Å². The van der Waals surface area contributed by atoms with Crippen molar-refractivity contribution in [3.63, 3.8) is 0 Å². The molecule has 24 heavy (non-hydrogen) atoms. The first-order chi connectivity index (χ1) is 11.4. The van der Waals surface area contributed by atoms with Gasteiger partial charge in [-0.25, -0.2) is 4.79 Å². The second-order valence-corrected chi connectivity index (χ2v) is 6.41. The van der Waals surface area contributed by atoms with Crippen molar-refractivity contribution in [3.05, 3.63) is 34.7 Å². The molecule has 1 fully saturated rings. The van der Waals surface area contributed by atoms with Crippen LogP contribution in [0.1, 0.15) is 12.0 Å². The summed E-state index contributed by atoms with van der Waals surface area (Å²) in [4.78, 5) is 35.1. The van der Waals surface area contributed by atoms with E-state index in [1.54, 1.807) is 30.3 Å². The molecule has 0 aromatic heterocycles. The van der Waals surface area contributed by atoms with Crippen LogP contribution in [0.25, 0.3) is 6.08 Å². The van der Waals surface area contributed by atoms with Gasteiger partial charge in [0.2, 0.25) is 0 Å². The van der Waals surface area contributed by atoms with Crippen molar-refractivity contribution < 1.29 is 29.3 Å². The van der Waals surface area contributed by atoms with Crippen LogP contribution in [0.3, 0.4) is 0 Å². The molecule has 0 unspecified atom stereocenters. The number of hydrogen-bond acceptors (Lipinski definition) is 6. The predicted octanol–water partition coefficient (Wildman–Crippen LogP) is 1.83. The molecule has 0 bridgehead atoms. The lowest BCUT2D eigenvalue weighted by atomic mass is 10.2. The SMILES string of the molecule is O=C(O)CCN1C(=O)C(=Cc2cccc(OCC(=O)O)c2)SC1=S. The highest BCUT2D eigenvalue weighted by molar-refractivity contribution is 8.26. The van der Waals surface area contributed by atoms with E-state index < -0.39 is 18.5 Å². The van der Waals surface area contributed by atoms with Crippen LogP contribution in [-0.2, 0) is 14.4 Å². The third-order valence-corrected chi connectivity index (χ3v) is 4.32. The number of thioether (sulfide) groups is 1. The Hall–Kier alpha value is -2.39. The summed E-state index contributed by atoms with van der Waals surface area (Å²) in [7, 11) is 0. The van der Waals surface area contributed by atoms with Gasteiger partial charge >= 0.3 is 11.9 Å². The van der Waals surface area contributed by atoms with Crippen molar-refractivity contribution in [3.8, 4) is 5.75 Å². The minimum Gasteiger partial charge on any atom is -0.482 e. The van der Waals surface area contributed by atoms with Crippen LogP contribution in [0.15, 0.2) is 29.2 Å².